The fraction of sp³-hybridized carbons (Fsp3) is 0.667. The topological polar surface area (TPSA) is 37.3 Å². The average Bonchev–Trinajstić information content (AvgIpc) is 2.26. The number of Topliss-reactive ketones (excluding diaryl/α,β-unsaturated/α-hetero) is 1. The van der Waals surface area contributed by atoms with Gasteiger partial charge in [-0.15, -0.1) is 6.58 Å². The van der Waals surface area contributed by atoms with Gasteiger partial charge in [0.1, 0.15) is 5.78 Å². The summed E-state index contributed by atoms with van der Waals surface area (Å²) in [5.74, 6) is 0.204. The van der Waals surface area contributed by atoms with E-state index in [0.717, 1.165) is 5.57 Å². The smallest absolute Gasteiger partial charge is 0.140 e. The van der Waals surface area contributed by atoms with Gasteiger partial charge in [0, 0.05) is 17.2 Å². The largest absolute Gasteiger partial charge is 0.386 e. The predicted octanol–water partition coefficient (Wildman–Crippen LogP) is 3.64. The van der Waals surface area contributed by atoms with Crippen LogP contribution in [-0.4, -0.2) is 21.3 Å². The summed E-state index contributed by atoms with van der Waals surface area (Å²) in [6, 6.07) is 0. The summed E-state index contributed by atoms with van der Waals surface area (Å²) in [7, 11) is 0. The Bertz CT molecular complexity index is 380. The minimum Gasteiger partial charge on any atom is -0.386 e. The van der Waals surface area contributed by atoms with Gasteiger partial charge in [-0.05, 0) is 18.8 Å². The second-order valence-corrected chi connectivity index (χ2v) is 7.11. The molecular weight excluding hydrogens is 292 g/mol. The number of carbonyl (C=O) groups is 1. The maximum absolute atomic E-state index is 11.9. The average molecular weight is 315 g/mol. The van der Waals surface area contributed by atoms with Crippen molar-refractivity contribution >= 4 is 21.7 Å². The molecule has 0 bridgehead atoms. The number of allylic oxidation sites excluding steroid dienone is 1. The molecule has 0 aliphatic heterocycles. The van der Waals surface area contributed by atoms with E-state index in [4.69, 9.17) is 0 Å². The number of ketones is 1. The molecule has 3 unspecified atom stereocenters. The summed E-state index contributed by atoms with van der Waals surface area (Å²) in [6.07, 6.45) is 4.62. The molecule has 3 heteroatoms. The SMILES string of the molecule is C=CC(C)(O)CC=C1C(C)C(=O)CC(Br)C1(C)C. The lowest BCUT2D eigenvalue weighted by Gasteiger charge is -2.41. The molecule has 18 heavy (non-hydrogen) atoms. The van der Waals surface area contributed by atoms with E-state index in [1.165, 1.54) is 6.08 Å². The van der Waals surface area contributed by atoms with Gasteiger partial charge >= 0.3 is 0 Å². The molecule has 0 saturated heterocycles. The lowest BCUT2D eigenvalue weighted by atomic mass is 9.67. The Kier molecular flexibility index (Phi) is 4.60. The number of aliphatic hydroxyl groups is 1. The number of carbonyl (C=O) groups excluding carboxylic acids is 1. The number of hydrogen-bond donors (Lipinski definition) is 1. The van der Waals surface area contributed by atoms with Crippen LogP contribution >= 0.6 is 15.9 Å². The molecule has 1 aliphatic rings. The minimum absolute atomic E-state index is 0.0607. The number of rotatable bonds is 3. The molecule has 0 amide bonds. The highest BCUT2D eigenvalue weighted by Crippen LogP contribution is 2.45. The van der Waals surface area contributed by atoms with E-state index in [2.05, 4.69) is 36.4 Å². The van der Waals surface area contributed by atoms with Crippen molar-refractivity contribution in [1.82, 2.24) is 0 Å². The first-order valence-electron chi connectivity index (χ1n) is 6.35. The van der Waals surface area contributed by atoms with E-state index in [-0.39, 0.29) is 21.9 Å². The standard InChI is InChI=1S/C15H23BrO2/c1-6-15(5,18)8-7-11-10(2)12(17)9-13(16)14(11,3)4/h6-7,10,13,18H,1,8-9H2,2-5H3. The van der Waals surface area contributed by atoms with E-state index in [1.807, 2.05) is 13.0 Å². The third-order valence-corrected chi connectivity index (χ3v) is 5.50. The summed E-state index contributed by atoms with van der Waals surface area (Å²) >= 11 is 3.61. The van der Waals surface area contributed by atoms with E-state index in [0.29, 0.717) is 12.8 Å². The fourth-order valence-corrected chi connectivity index (χ4v) is 2.94. The molecule has 3 atom stereocenters. The summed E-state index contributed by atoms with van der Waals surface area (Å²) in [5, 5.41) is 9.98. The Labute approximate surface area is 118 Å². The van der Waals surface area contributed by atoms with Gasteiger partial charge in [0.15, 0.2) is 0 Å². The van der Waals surface area contributed by atoms with Gasteiger partial charge in [-0.2, -0.15) is 0 Å². The monoisotopic (exact) mass is 314 g/mol. The van der Waals surface area contributed by atoms with Crippen molar-refractivity contribution < 1.29 is 9.90 Å². The predicted molar refractivity (Wildman–Crippen MR) is 78.8 cm³/mol. The van der Waals surface area contributed by atoms with E-state index >= 15 is 0 Å². The highest BCUT2D eigenvalue weighted by Gasteiger charge is 2.42. The third kappa shape index (κ3) is 3.12. The Morgan fingerprint density at radius 1 is 1.61 bits per heavy atom. The molecule has 0 radical (unpaired) electrons. The molecule has 102 valence electrons. The molecule has 1 saturated carbocycles. The number of halogens is 1. The maximum atomic E-state index is 11.9. The van der Waals surface area contributed by atoms with Crippen LogP contribution in [0, 0.1) is 11.3 Å². The second kappa shape index (κ2) is 5.30. The van der Waals surface area contributed by atoms with Crippen LogP contribution in [0.4, 0.5) is 0 Å². The van der Waals surface area contributed by atoms with Gasteiger partial charge in [-0.25, -0.2) is 0 Å². The van der Waals surface area contributed by atoms with Crippen LogP contribution in [0.25, 0.3) is 0 Å². The molecule has 0 spiro atoms. The maximum Gasteiger partial charge on any atom is 0.140 e. The highest BCUT2D eigenvalue weighted by molar-refractivity contribution is 9.09. The third-order valence-electron chi connectivity index (χ3n) is 4.03. The number of alkyl halides is 1. The Morgan fingerprint density at radius 2 is 2.17 bits per heavy atom. The molecule has 1 aliphatic carbocycles. The van der Waals surface area contributed by atoms with Crippen molar-refractivity contribution in [3.63, 3.8) is 0 Å². The Balaban J connectivity index is 3.05. The first-order valence-corrected chi connectivity index (χ1v) is 7.26. The Hall–Kier alpha value is -0.410. The summed E-state index contributed by atoms with van der Waals surface area (Å²) in [5.41, 5.74) is 0.137. The van der Waals surface area contributed by atoms with Crippen molar-refractivity contribution in [2.45, 2.75) is 51.0 Å². The van der Waals surface area contributed by atoms with Crippen LogP contribution in [0.3, 0.4) is 0 Å². The zero-order chi connectivity index (χ0) is 14.1. The second-order valence-electron chi connectivity index (χ2n) is 6.01. The van der Waals surface area contributed by atoms with E-state index in [9.17, 15) is 9.90 Å². The van der Waals surface area contributed by atoms with Gasteiger partial charge < -0.3 is 5.11 Å². The first kappa shape index (κ1) is 15.6. The van der Waals surface area contributed by atoms with Gasteiger partial charge in [0.25, 0.3) is 0 Å². The van der Waals surface area contributed by atoms with Crippen LogP contribution in [0.1, 0.15) is 40.5 Å². The molecule has 1 rings (SSSR count). The van der Waals surface area contributed by atoms with E-state index in [1.54, 1.807) is 6.92 Å². The van der Waals surface area contributed by atoms with Gasteiger partial charge in [0.05, 0.1) is 5.60 Å². The number of hydrogen-bond acceptors (Lipinski definition) is 2. The molecule has 1 fully saturated rings. The lowest BCUT2D eigenvalue weighted by Crippen LogP contribution is -2.40. The summed E-state index contributed by atoms with van der Waals surface area (Å²) in [6.45, 7) is 11.6. The van der Waals surface area contributed by atoms with Crippen molar-refractivity contribution in [3.05, 3.63) is 24.3 Å². The van der Waals surface area contributed by atoms with Crippen LogP contribution < -0.4 is 0 Å². The van der Waals surface area contributed by atoms with Crippen LogP contribution in [0.2, 0.25) is 0 Å². The Morgan fingerprint density at radius 3 is 2.67 bits per heavy atom. The quantitative estimate of drug-likeness (QED) is 0.638. The van der Waals surface area contributed by atoms with Crippen molar-refractivity contribution in [1.29, 1.82) is 0 Å². The van der Waals surface area contributed by atoms with Gasteiger partial charge in [-0.3, -0.25) is 4.79 Å². The first-order chi connectivity index (χ1) is 8.12. The zero-order valence-electron chi connectivity index (χ0n) is 11.7. The normalized spacial score (nSPS) is 33.2. The molecule has 1 N–H and O–H groups in total. The molecule has 0 aromatic rings. The van der Waals surface area contributed by atoms with E-state index < -0.39 is 5.60 Å². The zero-order valence-corrected chi connectivity index (χ0v) is 13.3. The highest BCUT2D eigenvalue weighted by atomic mass is 79.9. The molecule has 2 nitrogen and oxygen atoms in total. The summed E-state index contributed by atoms with van der Waals surface area (Å²) in [4.78, 5) is 12.1. The molecule has 0 aromatic heterocycles. The molecule has 0 heterocycles. The van der Waals surface area contributed by atoms with Crippen molar-refractivity contribution in [2.75, 3.05) is 0 Å². The van der Waals surface area contributed by atoms with Gasteiger partial charge in [-0.1, -0.05) is 54.4 Å². The van der Waals surface area contributed by atoms with Crippen molar-refractivity contribution in [2.24, 2.45) is 11.3 Å². The lowest BCUT2D eigenvalue weighted by molar-refractivity contribution is -0.123. The molecule has 0 aromatic carbocycles. The minimum atomic E-state index is -0.912. The van der Waals surface area contributed by atoms with Gasteiger partial charge in [0.2, 0.25) is 0 Å². The van der Waals surface area contributed by atoms with Crippen LogP contribution in [0.15, 0.2) is 24.3 Å². The molecular formula is C15H23BrO2. The fourth-order valence-electron chi connectivity index (χ4n) is 2.36. The van der Waals surface area contributed by atoms with Crippen LogP contribution in [-0.2, 0) is 4.79 Å². The summed E-state index contributed by atoms with van der Waals surface area (Å²) < 4.78 is 0. The van der Waals surface area contributed by atoms with Crippen molar-refractivity contribution in [3.8, 4) is 0 Å². The van der Waals surface area contributed by atoms with Crippen LogP contribution in [0.5, 0.6) is 0 Å².